The van der Waals surface area contributed by atoms with Gasteiger partial charge >= 0.3 is 5.97 Å². The predicted octanol–water partition coefficient (Wildman–Crippen LogP) is 4.60. The molecule has 0 radical (unpaired) electrons. The standard InChI is InChI=1S/C10H19NO.C7H5FO2.C2H6/c1-10(2,3)9(12)11-7-5-4-6-8-11;8-6-4-2-1-3-5(6)7(9)10;1-2/h4-8H2,1-3H3;1-4H,(H,9,10);1-2H3. The number of rotatable bonds is 1. The van der Waals surface area contributed by atoms with Crippen molar-refractivity contribution in [2.75, 3.05) is 13.1 Å². The summed E-state index contributed by atoms with van der Waals surface area (Å²) in [6, 6.07) is 5.26. The minimum Gasteiger partial charge on any atom is -0.478 e. The van der Waals surface area contributed by atoms with Crippen LogP contribution in [0.1, 0.15) is 64.2 Å². The highest BCUT2D eigenvalue weighted by molar-refractivity contribution is 5.87. The predicted molar refractivity (Wildman–Crippen MR) is 94.6 cm³/mol. The van der Waals surface area contributed by atoms with Crippen LogP contribution in [0.3, 0.4) is 0 Å². The van der Waals surface area contributed by atoms with Gasteiger partial charge in [0.05, 0.1) is 5.56 Å². The highest BCUT2D eigenvalue weighted by Crippen LogP contribution is 2.20. The molecule has 1 aliphatic heterocycles. The number of aromatic carboxylic acids is 1. The molecule has 0 spiro atoms. The van der Waals surface area contributed by atoms with Crippen molar-refractivity contribution in [2.45, 2.75) is 53.9 Å². The summed E-state index contributed by atoms with van der Waals surface area (Å²) >= 11 is 0. The van der Waals surface area contributed by atoms with E-state index in [0.717, 1.165) is 19.2 Å². The minimum atomic E-state index is -1.24. The first kappa shape index (κ1) is 22.1. The number of carbonyl (C=O) groups is 2. The van der Waals surface area contributed by atoms with Crippen LogP contribution in [0.5, 0.6) is 0 Å². The van der Waals surface area contributed by atoms with Gasteiger partial charge in [-0.05, 0) is 31.4 Å². The summed E-state index contributed by atoms with van der Waals surface area (Å²) in [6.07, 6.45) is 3.65. The Kier molecular flexibility index (Phi) is 9.93. The smallest absolute Gasteiger partial charge is 0.338 e. The van der Waals surface area contributed by atoms with E-state index in [1.165, 1.54) is 37.5 Å². The van der Waals surface area contributed by atoms with Gasteiger partial charge in [0.25, 0.3) is 0 Å². The largest absolute Gasteiger partial charge is 0.478 e. The van der Waals surface area contributed by atoms with Crippen LogP contribution in [0.15, 0.2) is 24.3 Å². The molecule has 0 aromatic heterocycles. The number of hydrogen-bond donors (Lipinski definition) is 1. The third-order valence-corrected chi connectivity index (χ3v) is 3.39. The molecule has 0 saturated carbocycles. The Morgan fingerprint density at radius 1 is 1.04 bits per heavy atom. The molecule has 1 aliphatic rings. The van der Waals surface area contributed by atoms with Gasteiger partial charge < -0.3 is 10.0 Å². The second kappa shape index (κ2) is 10.8. The molecule has 0 aliphatic carbocycles. The zero-order chi connectivity index (χ0) is 18.8. The Labute approximate surface area is 144 Å². The molecule has 1 heterocycles. The first-order chi connectivity index (χ1) is 11.2. The topological polar surface area (TPSA) is 57.6 Å². The number of halogens is 1. The van der Waals surface area contributed by atoms with Crippen molar-refractivity contribution < 1.29 is 19.1 Å². The number of carbonyl (C=O) groups excluding carboxylic acids is 1. The van der Waals surface area contributed by atoms with E-state index in [2.05, 4.69) is 0 Å². The zero-order valence-corrected chi connectivity index (χ0v) is 15.4. The van der Waals surface area contributed by atoms with E-state index in [1.54, 1.807) is 0 Å². The third kappa shape index (κ3) is 7.57. The maximum Gasteiger partial charge on any atom is 0.338 e. The lowest BCUT2D eigenvalue weighted by atomic mass is 9.93. The fourth-order valence-corrected chi connectivity index (χ4v) is 2.21. The van der Waals surface area contributed by atoms with Crippen LogP contribution < -0.4 is 0 Å². The fourth-order valence-electron chi connectivity index (χ4n) is 2.21. The van der Waals surface area contributed by atoms with Crippen LogP contribution in [-0.4, -0.2) is 35.0 Å². The molecule has 136 valence electrons. The molecule has 0 atom stereocenters. The molecule has 0 bridgehead atoms. The molecule has 5 heteroatoms. The number of piperidine rings is 1. The van der Waals surface area contributed by atoms with Crippen LogP contribution >= 0.6 is 0 Å². The molecule has 1 aromatic rings. The van der Waals surface area contributed by atoms with Crippen molar-refractivity contribution in [3.8, 4) is 0 Å². The molecule has 1 amide bonds. The zero-order valence-electron chi connectivity index (χ0n) is 15.4. The summed E-state index contributed by atoms with van der Waals surface area (Å²) in [7, 11) is 0. The molecule has 24 heavy (non-hydrogen) atoms. The number of hydrogen-bond acceptors (Lipinski definition) is 2. The van der Waals surface area contributed by atoms with E-state index in [9.17, 15) is 14.0 Å². The van der Waals surface area contributed by atoms with Gasteiger partial charge in [0.1, 0.15) is 5.82 Å². The van der Waals surface area contributed by atoms with Crippen molar-refractivity contribution in [1.82, 2.24) is 4.90 Å². The molecule has 1 saturated heterocycles. The van der Waals surface area contributed by atoms with Crippen molar-refractivity contribution in [1.29, 1.82) is 0 Å². The lowest BCUT2D eigenvalue weighted by molar-refractivity contribution is -0.140. The van der Waals surface area contributed by atoms with Gasteiger partial charge in [0, 0.05) is 18.5 Å². The van der Waals surface area contributed by atoms with E-state index >= 15 is 0 Å². The van der Waals surface area contributed by atoms with E-state index in [1.807, 2.05) is 39.5 Å². The van der Waals surface area contributed by atoms with Crippen molar-refractivity contribution in [3.63, 3.8) is 0 Å². The van der Waals surface area contributed by atoms with Gasteiger partial charge in [0.15, 0.2) is 0 Å². The van der Waals surface area contributed by atoms with Gasteiger partial charge in [-0.3, -0.25) is 4.79 Å². The molecule has 4 nitrogen and oxygen atoms in total. The summed E-state index contributed by atoms with van der Waals surface area (Å²) in [5.74, 6) is -1.63. The maximum absolute atomic E-state index is 12.5. The molecule has 1 N–H and O–H groups in total. The van der Waals surface area contributed by atoms with Gasteiger partial charge in [-0.25, -0.2) is 9.18 Å². The lowest BCUT2D eigenvalue weighted by Crippen LogP contribution is -2.42. The molecule has 2 rings (SSSR count). The van der Waals surface area contributed by atoms with Gasteiger partial charge in [-0.2, -0.15) is 0 Å². The highest BCUT2D eigenvalue weighted by Gasteiger charge is 2.27. The van der Waals surface area contributed by atoms with Crippen LogP contribution in [0.25, 0.3) is 0 Å². The highest BCUT2D eigenvalue weighted by atomic mass is 19.1. The van der Waals surface area contributed by atoms with Gasteiger partial charge in [-0.1, -0.05) is 46.8 Å². The number of carboxylic acid groups (broad SMARTS) is 1. The maximum atomic E-state index is 12.5. The average Bonchev–Trinajstić information content (AvgIpc) is 2.57. The summed E-state index contributed by atoms with van der Waals surface area (Å²) in [6.45, 7) is 11.9. The van der Waals surface area contributed by atoms with E-state index in [0.29, 0.717) is 5.91 Å². The normalized spacial score (nSPS) is 13.8. The average molecular weight is 339 g/mol. The molecule has 0 unspecified atom stereocenters. The Hall–Kier alpha value is -1.91. The number of nitrogens with zero attached hydrogens (tertiary/aromatic N) is 1. The molecular formula is C19H30FNO3. The molecular weight excluding hydrogens is 309 g/mol. The van der Waals surface area contributed by atoms with Crippen LogP contribution in [0, 0.1) is 11.2 Å². The van der Waals surface area contributed by atoms with Crippen molar-refractivity contribution in [2.24, 2.45) is 5.41 Å². The SMILES string of the molecule is CC.CC(C)(C)C(=O)N1CCCCC1.O=C(O)c1ccccc1F. The summed E-state index contributed by atoms with van der Waals surface area (Å²) in [5, 5.41) is 8.33. The number of carboxylic acids is 1. The Morgan fingerprint density at radius 3 is 1.92 bits per heavy atom. The first-order valence-electron chi connectivity index (χ1n) is 8.50. The van der Waals surface area contributed by atoms with E-state index in [4.69, 9.17) is 5.11 Å². The Bertz CT molecular complexity index is 518. The van der Waals surface area contributed by atoms with E-state index < -0.39 is 11.8 Å². The Balaban J connectivity index is 0.000000405. The first-order valence-corrected chi connectivity index (χ1v) is 8.50. The number of amides is 1. The Morgan fingerprint density at radius 2 is 1.54 bits per heavy atom. The number of likely N-dealkylation sites (tertiary alicyclic amines) is 1. The molecule has 1 aromatic carbocycles. The van der Waals surface area contributed by atoms with Crippen LogP contribution in [0.4, 0.5) is 4.39 Å². The lowest BCUT2D eigenvalue weighted by Gasteiger charge is -2.32. The summed E-state index contributed by atoms with van der Waals surface area (Å²) < 4.78 is 12.5. The molecule has 1 fully saturated rings. The quantitative estimate of drug-likeness (QED) is 0.814. The fraction of sp³-hybridized carbons (Fsp3) is 0.579. The van der Waals surface area contributed by atoms with Crippen LogP contribution in [-0.2, 0) is 4.79 Å². The van der Waals surface area contributed by atoms with Crippen LogP contribution in [0.2, 0.25) is 0 Å². The van der Waals surface area contributed by atoms with E-state index in [-0.39, 0.29) is 11.0 Å². The third-order valence-electron chi connectivity index (χ3n) is 3.39. The van der Waals surface area contributed by atoms with Gasteiger partial charge in [-0.15, -0.1) is 0 Å². The van der Waals surface area contributed by atoms with Crippen molar-refractivity contribution >= 4 is 11.9 Å². The second-order valence-corrected chi connectivity index (χ2v) is 6.39. The second-order valence-electron chi connectivity index (χ2n) is 6.39. The van der Waals surface area contributed by atoms with Gasteiger partial charge in [0.2, 0.25) is 5.91 Å². The van der Waals surface area contributed by atoms with Crippen molar-refractivity contribution in [3.05, 3.63) is 35.6 Å². The monoisotopic (exact) mass is 339 g/mol. The number of benzene rings is 1. The summed E-state index contributed by atoms with van der Waals surface area (Å²) in [4.78, 5) is 23.9. The minimum absolute atomic E-state index is 0.197. The summed E-state index contributed by atoms with van der Waals surface area (Å²) in [5.41, 5.74) is -0.486.